The molecule has 0 radical (unpaired) electrons. The Morgan fingerprint density at radius 1 is 1.36 bits per heavy atom. The molecule has 1 amide bonds. The number of carbonyl (C=O) groups excluding carboxylic acids is 1. The van der Waals surface area contributed by atoms with Crippen molar-refractivity contribution in [2.24, 2.45) is 0 Å². The molecule has 5 nitrogen and oxygen atoms in total. The van der Waals surface area contributed by atoms with Crippen LogP contribution < -0.4 is 5.32 Å². The molecule has 0 aliphatic carbocycles. The molecule has 2 rings (SSSR count). The molecule has 1 aliphatic rings. The molecule has 0 bridgehead atoms. The van der Waals surface area contributed by atoms with Crippen LogP contribution in [-0.4, -0.2) is 43.4 Å². The summed E-state index contributed by atoms with van der Waals surface area (Å²) in [6, 6.07) is 3.34. The lowest BCUT2D eigenvalue weighted by Crippen LogP contribution is -2.41. The van der Waals surface area contributed by atoms with E-state index >= 15 is 0 Å². The molecule has 0 unspecified atom stereocenters. The number of nitrogens with zero attached hydrogens (tertiary/aromatic N) is 1. The fourth-order valence-electron chi connectivity index (χ4n) is 2.50. The monoisotopic (exact) mass is 320 g/mol. The second kappa shape index (κ2) is 7.53. The van der Waals surface area contributed by atoms with E-state index in [0.717, 1.165) is 32.4 Å². The van der Waals surface area contributed by atoms with Gasteiger partial charge in [0.15, 0.2) is 6.61 Å². The van der Waals surface area contributed by atoms with Crippen molar-refractivity contribution in [3.8, 4) is 0 Å². The molecule has 1 aromatic heterocycles. The molecule has 124 valence electrons. The van der Waals surface area contributed by atoms with Crippen LogP contribution >= 0.6 is 0 Å². The number of piperidine rings is 1. The van der Waals surface area contributed by atoms with E-state index in [1.54, 1.807) is 12.1 Å². The second-order valence-electron chi connectivity index (χ2n) is 5.20. The summed E-state index contributed by atoms with van der Waals surface area (Å²) in [5.41, 5.74) is 0. The predicted octanol–water partition coefficient (Wildman–Crippen LogP) is 3.10. The van der Waals surface area contributed by atoms with E-state index in [9.17, 15) is 18.0 Å². The average Bonchev–Trinajstić information content (AvgIpc) is 3.00. The summed E-state index contributed by atoms with van der Waals surface area (Å²) in [4.78, 5) is 13.5. The topological polar surface area (TPSA) is 54.7 Å². The normalized spacial score (nSPS) is 18.0. The Balaban J connectivity index is 1.88. The molecule has 1 N–H and O–H groups in total. The van der Waals surface area contributed by atoms with Crippen LogP contribution in [0.15, 0.2) is 22.8 Å². The largest absolute Gasteiger partial charge is 0.468 e. The molecular formula is C14H19F3N2O3. The van der Waals surface area contributed by atoms with Crippen LogP contribution in [0.3, 0.4) is 0 Å². The fourth-order valence-corrected chi connectivity index (χ4v) is 2.50. The van der Waals surface area contributed by atoms with Gasteiger partial charge in [-0.1, -0.05) is 6.42 Å². The van der Waals surface area contributed by atoms with Crippen LogP contribution in [0, 0.1) is 0 Å². The minimum absolute atomic E-state index is 0.143. The number of carbonyl (C=O) groups is 1. The van der Waals surface area contributed by atoms with Crippen molar-refractivity contribution in [1.29, 1.82) is 0 Å². The number of rotatable bonds is 5. The van der Waals surface area contributed by atoms with Crippen LogP contribution in [0.4, 0.5) is 18.0 Å². The summed E-state index contributed by atoms with van der Waals surface area (Å²) in [7, 11) is 0. The summed E-state index contributed by atoms with van der Waals surface area (Å²) >= 11 is 0. The minimum Gasteiger partial charge on any atom is -0.468 e. The Labute approximate surface area is 126 Å². The van der Waals surface area contributed by atoms with Crippen LogP contribution in [0.25, 0.3) is 0 Å². The molecule has 0 spiro atoms. The van der Waals surface area contributed by atoms with E-state index in [1.807, 2.05) is 0 Å². The predicted molar refractivity (Wildman–Crippen MR) is 72.3 cm³/mol. The van der Waals surface area contributed by atoms with Crippen LogP contribution in [0.5, 0.6) is 0 Å². The third-order valence-corrected chi connectivity index (χ3v) is 3.51. The molecular weight excluding hydrogens is 301 g/mol. The molecule has 22 heavy (non-hydrogen) atoms. The van der Waals surface area contributed by atoms with Crippen LogP contribution in [-0.2, 0) is 4.74 Å². The van der Waals surface area contributed by atoms with Gasteiger partial charge in [-0.2, -0.15) is 13.2 Å². The molecule has 0 saturated carbocycles. The van der Waals surface area contributed by atoms with Gasteiger partial charge in [0.25, 0.3) is 0 Å². The van der Waals surface area contributed by atoms with E-state index in [4.69, 9.17) is 4.42 Å². The first-order chi connectivity index (χ1) is 10.5. The standard InChI is InChI=1S/C14H19F3N2O3/c15-14(16,17)10-22-13(20)18-9-11(12-5-4-8-21-12)19-6-2-1-3-7-19/h4-5,8,11H,1-3,6-7,9-10H2,(H,18,20)/t11-/m0/s1. The summed E-state index contributed by atoms with van der Waals surface area (Å²) < 4.78 is 45.5. The highest BCUT2D eigenvalue weighted by Crippen LogP contribution is 2.24. The van der Waals surface area contributed by atoms with Gasteiger partial charge in [-0.05, 0) is 38.1 Å². The average molecular weight is 320 g/mol. The molecule has 1 aliphatic heterocycles. The Morgan fingerprint density at radius 3 is 2.68 bits per heavy atom. The lowest BCUT2D eigenvalue weighted by Gasteiger charge is -2.33. The maximum atomic E-state index is 12.0. The van der Waals surface area contributed by atoms with Gasteiger partial charge >= 0.3 is 12.3 Å². The van der Waals surface area contributed by atoms with E-state index in [-0.39, 0.29) is 12.6 Å². The van der Waals surface area contributed by atoms with Gasteiger partial charge < -0.3 is 14.5 Å². The van der Waals surface area contributed by atoms with Gasteiger partial charge in [0, 0.05) is 6.54 Å². The molecule has 1 aromatic rings. The highest BCUT2D eigenvalue weighted by Gasteiger charge is 2.30. The molecule has 1 saturated heterocycles. The Morgan fingerprint density at radius 2 is 2.09 bits per heavy atom. The molecule has 1 atom stereocenters. The second-order valence-corrected chi connectivity index (χ2v) is 5.20. The van der Waals surface area contributed by atoms with Gasteiger partial charge in [-0.3, -0.25) is 4.90 Å². The summed E-state index contributed by atoms with van der Waals surface area (Å²) in [5.74, 6) is 0.679. The number of hydrogen-bond donors (Lipinski definition) is 1. The first-order valence-electron chi connectivity index (χ1n) is 7.20. The molecule has 8 heteroatoms. The number of furan rings is 1. The van der Waals surface area contributed by atoms with Crippen LogP contribution in [0.1, 0.15) is 31.1 Å². The number of amides is 1. The Kier molecular flexibility index (Phi) is 5.70. The van der Waals surface area contributed by atoms with Crippen molar-refractivity contribution in [3.63, 3.8) is 0 Å². The fraction of sp³-hybridized carbons (Fsp3) is 0.643. The van der Waals surface area contributed by atoms with Crippen molar-refractivity contribution in [3.05, 3.63) is 24.2 Å². The maximum Gasteiger partial charge on any atom is 0.422 e. The zero-order valence-corrected chi connectivity index (χ0v) is 12.1. The Hall–Kier alpha value is -1.70. The summed E-state index contributed by atoms with van der Waals surface area (Å²) in [5, 5.41) is 2.38. The Bertz CT molecular complexity index is 456. The molecule has 2 heterocycles. The van der Waals surface area contributed by atoms with E-state index in [0.29, 0.717) is 5.76 Å². The van der Waals surface area contributed by atoms with Crippen molar-refractivity contribution < 1.29 is 27.1 Å². The summed E-state index contributed by atoms with van der Waals surface area (Å²) in [6.45, 7) is 0.285. The van der Waals surface area contributed by atoms with Gasteiger partial charge in [-0.15, -0.1) is 0 Å². The third-order valence-electron chi connectivity index (χ3n) is 3.51. The zero-order chi connectivity index (χ0) is 16.0. The maximum absolute atomic E-state index is 12.0. The number of alkyl carbamates (subject to hydrolysis) is 1. The lowest BCUT2D eigenvalue weighted by molar-refractivity contribution is -0.160. The SMILES string of the molecule is O=C(NC[C@@H](c1ccco1)N1CCCCC1)OCC(F)(F)F. The first-order valence-corrected chi connectivity index (χ1v) is 7.20. The number of nitrogens with one attached hydrogen (secondary N) is 1. The number of halogens is 3. The highest BCUT2D eigenvalue weighted by molar-refractivity contribution is 5.67. The van der Waals surface area contributed by atoms with Crippen molar-refractivity contribution in [2.75, 3.05) is 26.2 Å². The number of likely N-dealkylation sites (tertiary alicyclic amines) is 1. The zero-order valence-electron chi connectivity index (χ0n) is 12.1. The quantitative estimate of drug-likeness (QED) is 0.906. The number of alkyl halides is 3. The van der Waals surface area contributed by atoms with E-state index < -0.39 is 18.9 Å². The molecule has 1 fully saturated rings. The van der Waals surface area contributed by atoms with E-state index in [1.165, 1.54) is 6.26 Å². The molecule has 0 aromatic carbocycles. The summed E-state index contributed by atoms with van der Waals surface area (Å²) in [6.07, 6.45) is -0.807. The number of hydrogen-bond acceptors (Lipinski definition) is 4. The smallest absolute Gasteiger partial charge is 0.422 e. The minimum atomic E-state index is -4.52. The van der Waals surface area contributed by atoms with Gasteiger partial charge in [0.05, 0.1) is 12.3 Å². The highest BCUT2D eigenvalue weighted by atomic mass is 19.4. The van der Waals surface area contributed by atoms with Crippen molar-refractivity contribution >= 4 is 6.09 Å². The van der Waals surface area contributed by atoms with Crippen molar-refractivity contribution in [2.45, 2.75) is 31.5 Å². The van der Waals surface area contributed by atoms with Crippen molar-refractivity contribution in [1.82, 2.24) is 10.2 Å². The van der Waals surface area contributed by atoms with Gasteiger partial charge in [0.1, 0.15) is 5.76 Å². The number of ether oxygens (including phenoxy) is 1. The lowest BCUT2D eigenvalue weighted by atomic mass is 10.1. The van der Waals surface area contributed by atoms with Gasteiger partial charge in [-0.25, -0.2) is 4.79 Å². The van der Waals surface area contributed by atoms with Crippen LogP contribution in [0.2, 0.25) is 0 Å². The van der Waals surface area contributed by atoms with E-state index in [2.05, 4.69) is 15.0 Å². The van der Waals surface area contributed by atoms with Gasteiger partial charge in [0.2, 0.25) is 0 Å². The first kappa shape index (κ1) is 16.7. The third kappa shape index (κ3) is 5.25.